The minimum Gasteiger partial charge on any atom is -0.256 e. The summed E-state index contributed by atoms with van der Waals surface area (Å²) in [4.78, 5) is 24.9. The minimum atomic E-state index is 0.884. The van der Waals surface area contributed by atoms with E-state index in [1.807, 2.05) is 24.5 Å². The van der Waals surface area contributed by atoms with E-state index in [2.05, 4.69) is 158 Å². The molecule has 11 aromatic rings. The summed E-state index contributed by atoms with van der Waals surface area (Å²) in [5, 5.41) is 7.95. The van der Waals surface area contributed by atoms with Gasteiger partial charge >= 0.3 is 0 Å². The number of rotatable bonds is 5. The van der Waals surface area contributed by atoms with Crippen LogP contribution in [0.1, 0.15) is 12.5 Å². The molecule has 0 aliphatic rings. The molecule has 56 heavy (non-hydrogen) atoms. The number of hydrogen-bond donors (Lipinski definition) is 0. The second-order valence-electron chi connectivity index (χ2n) is 14.4. The van der Waals surface area contributed by atoms with Gasteiger partial charge < -0.3 is 0 Å². The van der Waals surface area contributed by atoms with E-state index >= 15 is 0 Å². The summed E-state index contributed by atoms with van der Waals surface area (Å²) in [6.07, 6.45) is 4.59. The zero-order valence-corrected chi connectivity index (χ0v) is 30.6. The van der Waals surface area contributed by atoms with Gasteiger partial charge in [0.25, 0.3) is 0 Å². The Bertz CT molecular complexity index is 3350. The second kappa shape index (κ2) is 12.9. The van der Waals surface area contributed by atoms with E-state index in [0.717, 1.165) is 106 Å². The maximum atomic E-state index is 5.26. The lowest BCUT2D eigenvalue weighted by atomic mass is 9.93. The number of nitrogens with zero attached hydrogens (tertiary/aromatic N) is 5. The molecule has 0 radical (unpaired) electrons. The van der Waals surface area contributed by atoms with Crippen LogP contribution in [-0.4, -0.2) is 24.9 Å². The van der Waals surface area contributed by atoms with Crippen LogP contribution in [0.5, 0.6) is 0 Å². The molecule has 5 aromatic heterocycles. The average Bonchev–Trinajstić information content (AvgIpc) is 3.27. The molecule has 5 nitrogen and oxygen atoms in total. The van der Waals surface area contributed by atoms with Crippen molar-refractivity contribution in [1.82, 2.24) is 24.9 Å². The van der Waals surface area contributed by atoms with Crippen LogP contribution in [-0.2, 0) is 6.42 Å². The van der Waals surface area contributed by atoms with Gasteiger partial charge in [-0.25, -0.2) is 15.0 Å². The average molecular weight is 716 g/mol. The van der Waals surface area contributed by atoms with E-state index in [0.29, 0.717) is 0 Å². The Morgan fingerprint density at radius 2 is 0.839 bits per heavy atom. The van der Waals surface area contributed by atoms with Crippen molar-refractivity contribution < 1.29 is 0 Å². The molecule has 0 saturated carbocycles. The van der Waals surface area contributed by atoms with E-state index in [9.17, 15) is 0 Å². The zero-order chi connectivity index (χ0) is 37.2. The smallest absolute Gasteiger partial charge is 0.0972 e. The highest BCUT2D eigenvalue weighted by molar-refractivity contribution is 6.09. The summed E-state index contributed by atoms with van der Waals surface area (Å²) in [6, 6.07) is 55.5. The molecular formula is C51H33N5. The molecule has 0 aliphatic heterocycles. The van der Waals surface area contributed by atoms with Crippen LogP contribution in [0.25, 0.3) is 110 Å². The Morgan fingerprint density at radius 3 is 1.50 bits per heavy atom. The van der Waals surface area contributed by atoms with Crippen molar-refractivity contribution >= 4 is 65.3 Å². The molecule has 0 fully saturated rings. The van der Waals surface area contributed by atoms with Crippen molar-refractivity contribution in [2.75, 3.05) is 0 Å². The molecule has 262 valence electrons. The standard InChI is InChI=1S/C51H33N5/c1-2-41-42(23-19-35-13-14-36-5-3-27-52-49(36)48(35)41)45-26-21-34-12-18-40(30-47(34)55-45)39-17-11-33-20-24-43(54-46(33)29-39)31-7-9-32(10-8-31)44-25-22-38-16-15-37-6-4-28-53-50(37)51(38)56-44/h3-30H,2H2,1H3. The number of aromatic nitrogens is 5. The molecule has 0 bridgehead atoms. The first kappa shape index (κ1) is 32.1. The number of aryl methyl sites for hydroxylation is 1. The summed E-state index contributed by atoms with van der Waals surface area (Å²) < 4.78 is 0. The highest BCUT2D eigenvalue weighted by Crippen LogP contribution is 2.36. The van der Waals surface area contributed by atoms with Crippen molar-refractivity contribution in [3.8, 4) is 44.9 Å². The number of pyridine rings is 5. The first-order valence-corrected chi connectivity index (χ1v) is 19.0. The van der Waals surface area contributed by atoms with Gasteiger partial charge in [0.1, 0.15) is 0 Å². The molecule has 5 heteroatoms. The van der Waals surface area contributed by atoms with E-state index in [-0.39, 0.29) is 0 Å². The summed E-state index contributed by atoms with van der Waals surface area (Å²) in [6.45, 7) is 2.22. The van der Waals surface area contributed by atoms with Crippen molar-refractivity contribution in [3.05, 3.63) is 176 Å². The normalized spacial score (nSPS) is 11.7. The highest BCUT2D eigenvalue weighted by Gasteiger charge is 2.14. The predicted molar refractivity (Wildman–Crippen MR) is 232 cm³/mol. The van der Waals surface area contributed by atoms with Crippen LogP contribution in [0, 0.1) is 0 Å². The summed E-state index contributed by atoms with van der Waals surface area (Å²) in [5.74, 6) is 0. The van der Waals surface area contributed by atoms with Gasteiger partial charge in [0, 0.05) is 61.4 Å². The van der Waals surface area contributed by atoms with Gasteiger partial charge in [0.2, 0.25) is 0 Å². The van der Waals surface area contributed by atoms with Crippen LogP contribution in [0.15, 0.2) is 170 Å². The van der Waals surface area contributed by atoms with Crippen LogP contribution in [0.4, 0.5) is 0 Å². The fourth-order valence-corrected chi connectivity index (χ4v) is 8.23. The molecule has 0 aliphatic carbocycles. The minimum absolute atomic E-state index is 0.884. The molecule has 0 saturated heterocycles. The van der Waals surface area contributed by atoms with Gasteiger partial charge in [-0.15, -0.1) is 0 Å². The molecular weight excluding hydrogens is 683 g/mol. The Hall–Kier alpha value is -7.37. The van der Waals surface area contributed by atoms with E-state index in [1.165, 1.54) is 16.3 Å². The highest BCUT2D eigenvalue weighted by atomic mass is 14.8. The molecule has 5 heterocycles. The lowest BCUT2D eigenvalue weighted by Crippen LogP contribution is -1.95. The molecule has 0 N–H and O–H groups in total. The lowest BCUT2D eigenvalue weighted by molar-refractivity contribution is 1.16. The van der Waals surface area contributed by atoms with Crippen molar-refractivity contribution in [1.29, 1.82) is 0 Å². The third-order valence-corrected chi connectivity index (χ3v) is 11.1. The maximum absolute atomic E-state index is 5.26. The van der Waals surface area contributed by atoms with Gasteiger partial charge in [0.05, 0.1) is 44.7 Å². The SMILES string of the molecule is CCc1c(-c2ccc3ccc(-c4ccc5ccc(-c6ccc(-c7ccc8ccc9cccnc9c8n7)cc6)nc5c4)cc3n2)ccc2ccc3cccnc3c12. The second-order valence-corrected chi connectivity index (χ2v) is 14.4. The van der Waals surface area contributed by atoms with E-state index in [1.54, 1.807) is 0 Å². The van der Waals surface area contributed by atoms with E-state index in [4.69, 9.17) is 19.9 Å². The quantitative estimate of drug-likeness (QED) is 0.166. The summed E-state index contributed by atoms with van der Waals surface area (Å²) >= 11 is 0. The first-order valence-electron chi connectivity index (χ1n) is 19.0. The van der Waals surface area contributed by atoms with Crippen LogP contribution >= 0.6 is 0 Å². The Labute approximate surface area is 323 Å². The van der Waals surface area contributed by atoms with Crippen LogP contribution < -0.4 is 0 Å². The number of fused-ring (bicyclic) bond motifs is 8. The third kappa shape index (κ3) is 5.36. The molecule has 0 unspecified atom stereocenters. The van der Waals surface area contributed by atoms with E-state index < -0.39 is 0 Å². The predicted octanol–water partition coefficient (Wildman–Crippen LogP) is 12.8. The Balaban J connectivity index is 0.925. The van der Waals surface area contributed by atoms with Crippen molar-refractivity contribution in [2.24, 2.45) is 0 Å². The van der Waals surface area contributed by atoms with Gasteiger partial charge in [-0.3, -0.25) is 9.97 Å². The molecule has 6 aromatic carbocycles. The monoisotopic (exact) mass is 715 g/mol. The molecule has 0 atom stereocenters. The van der Waals surface area contributed by atoms with Gasteiger partial charge in [0.15, 0.2) is 0 Å². The van der Waals surface area contributed by atoms with Gasteiger partial charge in [-0.1, -0.05) is 122 Å². The fraction of sp³-hybridized carbons (Fsp3) is 0.0392. The van der Waals surface area contributed by atoms with Gasteiger partial charge in [-0.2, -0.15) is 0 Å². The molecule has 0 spiro atoms. The maximum Gasteiger partial charge on any atom is 0.0972 e. The lowest BCUT2D eigenvalue weighted by Gasteiger charge is -2.14. The van der Waals surface area contributed by atoms with Crippen LogP contribution in [0.3, 0.4) is 0 Å². The molecule has 0 amide bonds. The largest absolute Gasteiger partial charge is 0.256 e. The fourth-order valence-electron chi connectivity index (χ4n) is 8.23. The third-order valence-electron chi connectivity index (χ3n) is 11.1. The topological polar surface area (TPSA) is 64.5 Å². The first-order chi connectivity index (χ1) is 27.7. The van der Waals surface area contributed by atoms with Crippen LogP contribution in [0.2, 0.25) is 0 Å². The zero-order valence-electron chi connectivity index (χ0n) is 30.6. The Kier molecular flexibility index (Phi) is 7.39. The number of benzene rings is 6. The summed E-state index contributed by atoms with van der Waals surface area (Å²) in [7, 11) is 0. The summed E-state index contributed by atoms with van der Waals surface area (Å²) in [5.41, 5.74) is 14.4. The number of hydrogen-bond acceptors (Lipinski definition) is 5. The Morgan fingerprint density at radius 1 is 0.375 bits per heavy atom. The molecule has 11 rings (SSSR count). The van der Waals surface area contributed by atoms with Gasteiger partial charge in [-0.05, 0) is 71.0 Å². The van der Waals surface area contributed by atoms with Crippen molar-refractivity contribution in [3.63, 3.8) is 0 Å². The van der Waals surface area contributed by atoms with Crippen molar-refractivity contribution in [2.45, 2.75) is 13.3 Å².